The fourth-order valence-corrected chi connectivity index (χ4v) is 2.75. The normalized spacial score (nSPS) is 13.3. The zero-order chi connectivity index (χ0) is 24.1. The quantitative estimate of drug-likeness (QED) is 0.0563. The highest BCUT2D eigenvalue weighted by atomic mass is 32.1. The highest BCUT2D eigenvalue weighted by Gasteiger charge is 2.25. The average Bonchev–Trinajstić information content (AvgIpc) is 3.24. The highest BCUT2D eigenvalue weighted by molar-refractivity contribution is 7.80. The van der Waals surface area contributed by atoms with Gasteiger partial charge in [0, 0.05) is 30.6 Å². The lowest BCUT2D eigenvalue weighted by Gasteiger charge is -2.20. The van der Waals surface area contributed by atoms with Crippen LogP contribution in [0, 0.1) is 0 Å². The molecule has 0 aliphatic heterocycles. The molecule has 0 aliphatic carbocycles. The molecule has 3 unspecified atom stereocenters. The van der Waals surface area contributed by atoms with Crippen LogP contribution in [0.15, 0.2) is 17.5 Å². The van der Waals surface area contributed by atoms with Crippen LogP contribution >= 0.6 is 12.6 Å². The summed E-state index contributed by atoms with van der Waals surface area (Å²) in [6.45, 7) is -0.262. The number of rotatable bonds is 14. The van der Waals surface area contributed by atoms with Gasteiger partial charge in [0.15, 0.2) is 5.96 Å². The number of amides is 3. The molecule has 0 aromatic carbocycles. The molecule has 3 amide bonds. The molecule has 178 valence electrons. The van der Waals surface area contributed by atoms with E-state index in [1.807, 2.05) is 0 Å². The fraction of sp³-hybridized carbons (Fsp3) is 0.529. The predicted molar refractivity (Wildman–Crippen MR) is 119 cm³/mol. The number of guanidine groups is 1. The SMILES string of the molecule is NC(N)=NCCCC(NC(=O)C(N)Cc1cnc[nH]1)C(=O)NCC(=O)NC(CS)C(=O)O. The van der Waals surface area contributed by atoms with Gasteiger partial charge in [-0.2, -0.15) is 12.6 Å². The summed E-state index contributed by atoms with van der Waals surface area (Å²) >= 11 is 3.84. The van der Waals surface area contributed by atoms with Gasteiger partial charge in [-0.25, -0.2) is 9.78 Å². The van der Waals surface area contributed by atoms with E-state index in [0.717, 1.165) is 0 Å². The lowest BCUT2D eigenvalue weighted by molar-refractivity contribution is -0.141. The molecule has 3 atom stereocenters. The number of hydrogen-bond acceptors (Lipinski definition) is 8. The van der Waals surface area contributed by atoms with Crippen molar-refractivity contribution in [2.75, 3.05) is 18.8 Å². The number of carboxylic acid groups (broad SMARTS) is 1. The molecule has 0 fully saturated rings. The van der Waals surface area contributed by atoms with Crippen molar-refractivity contribution >= 4 is 42.3 Å². The number of carbonyl (C=O) groups is 4. The van der Waals surface area contributed by atoms with Crippen LogP contribution in [-0.2, 0) is 25.6 Å². The summed E-state index contributed by atoms with van der Waals surface area (Å²) in [5.41, 5.74) is 17.1. The summed E-state index contributed by atoms with van der Waals surface area (Å²) in [5.74, 6) is -3.42. The maximum absolute atomic E-state index is 12.6. The van der Waals surface area contributed by atoms with Gasteiger partial charge in [0.25, 0.3) is 0 Å². The molecule has 0 saturated carbocycles. The largest absolute Gasteiger partial charge is 0.480 e. The van der Waals surface area contributed by atoms with E-state index in [1.165, 1.54) is 12.5 Å². The third-order valence-electron chi connectivity index (χ3n) is 4.15. The summed E-state index contributed by atoms with van der Waals surface area (Å²) < 4.78 is 0. The standard InChI is InChI=1S/C17H29N9O5S/c18-10(4-9-5-21-8-24-9)14(28)26-11(2-1-3-22-17(19)20)15(29)23-6-13(27)25-12(7-32)16(30)31/h5,8,10-12,32H,1-4,6-7,18H2,(H,21,24)(H,23,29)(H,25,27)(H,26,28)(H,30,31)(H4,19,20,22). The van der Waals surface area contributed by atoms with Crippen molar-refractivity contribution in [3.63, 3.8) is 0 Å². The summed E-state index contributed by atoms with van der Waals surface area (Å²) in [4.78, 5) is 58.4. The Bertz CT molecular complexity index is 798. The minimum atomic E-state index is -1.25. The predicted octanol–water partition coefficient (Wildman–Crippen LogP) is -3.57. The smallest absolute Gasteiger partial charge is 0.327 e. The number of carbonyl (C=O) groups excluding carboxylic acids is 3. The van der Waals surface area contributed by atoms with Gasteiger partial charge >= 0.3 is 5.97 Å². The molecule has 1 aromatic heterocycles. The number of aromatic nitrogens is 2. The summed E-state index contributed by atoms with van der Waals surface area (Å²) in [7, 11) is 0. The van der Waals surface area contributed by atoms with Crippen LogP contribution in [0.25, 0.3) is 0 Å². The third-order valence-corrected chi connectivity index (χ3v) is 4.51. The van der Waals surface area contributed by atoms with Gasteiger partial charge in [0.1, 0.15) is 12.1 Å². The van der Waals surface area contributed by atoms with E-state index in [9.17, 15) is 19.2 Å². The van der Waals surface area contributed by atoms with E-state index in [1.54, 1.807) is 0 Å². The number of nitrogens with zero attached hydrogens (tertiary/aromatic N) is 2. The number of H-pyrrole nitrogens is 1. The Morgan fingerprint density at radius 3 is 2.47 bits per heavy atom. The van der Waals surface area contributed by atoms with Crippen molar-refractivity contribution in [1.82, 2.24) is 25.9 Å². The average molecular weight is 472 g/mol. The molecular formula is C17H29N9O5S. The van der Waals surface area contributed by atoms with E-state index >= 15 is 0 Å². The second-order valence-electron chi connectivity index (χ2n) is 6.76. The Labute approximate surface area is 189 Å². The molecule has 0 bridgehead atoms. The number of imidazole rings is 1. The number of nitrogens with two attached hydrogens (primary N) is 3. The Hall–Kier alpha value is -3.33. The molecule has 15 heteroatoms. The van der Waals surface area contributed by atoms with Crippen LogP contribution in [0.4, 0.5) is 0 Å². The van der Waals surface area contributed by atoms with Crippen molar-refractivity contribution in [3.8, 4) is 0 Å². The van der Waals surface area contributed by atoms with Crippen molar-refractivity contribution in [3.05, 3.63) is 18.2 Å². The summed E-state index contributed by atoms with van der Waals surface area (Å²) in [6.07, 6.45) is 3.69. The minimum absolute atomic E-state index is 0.106. The lowest BCUT2D eigenvalue weighted by atomic mass is 10.1. The van der Waals surface area contributed by atoms with Gasteiger partial charge in [-0.15, -0.1) is 0 Å². The Balaban J connectivity index is 2.68. The van der Waals surface area contributed by atoms with Gasteiger partial charge in [0.05, 0.1) is 18.9 Å². The molecule has 1 aromatic rings. The minimum Gasteiger partial charge on any atom is -0.480 e. The van der Waals surface area contributed by atoms with Crippen LogP contribution in [0.1, 0.15) is 18.5 Å². The topological polar surface area (TPSA) is 244 Å². The Kier molecular flexibility index (Phi) is 11.6. The number of carboxylic acids is 1. The Morgan fingerprint density at radius 1 is 1.19 bits per heavy atom. The van der Waals surface area contributed by atoms with E-state index in [4.69, 9.17) is 22.3 Å². The summed E-state index contributed by atoms with van der Waals surface area (Å²) in [6, 6.07) is -3.16. The number of aromatic amines is 1. The van der Waals surface area contributed by atoms with Crippen molar-refractivity contribution < 1.29 is 24.3 Å². The maximum Gasteiger partial charge on any atom is 0.327 e. The Morgan fingerprint density at radius 2 is 1.91 bits per heavy atom. The van der Waals surface area contributed by atoms with E-state index in [2.05, 4.69) is 43.5 Å². The van der Waals surface area contributed by atoms with Crippen molar-refractivity contribution in [2.45, 2.75) is 37.4 Å². The number of aliphatic carboxylic acids is 1. The van der Waals surface area contributed by atoms with E-state index in [-0.39, 0.29) is 31.1 Å². The molecule has 0 spiro atoms. The first-order chi connectivity index (χ1) is 15.1. The zero-order valence-electron chi connectivity index (χ0n) is 17.3. The highest BCUT2D eigenvalue weighted by Crippen LogP contribution is 2.02. The van der Waals surface area contributed by atoms with Gasteiger partial charge in [0.2, 0.25) is 17.7 Å². The van der Waals surface area contributed by atoms with Gasteiger partial charge in [-0.05, 0) is 12.8 Å². The molecule has 11 N–H and O–H groups in total. The first-order valence-corrected chi connectivity index (χ1v) is 10.3. The molecule has 0 radical (unpaired) electrons. The van der Waals surface area contributed by atoms with Crippen molar-refractivity contribution in [1.29, 1.82) is 0 Å². The van der Waals surface area contributed by atoms with Crippen LogP contribution in [0.3, 0.4) is 0 Å². The fourth-order valence-electron chi connectivity index (χ4n) is 2.50. The maximum atomic E-state index is 12.6. The second kappa shape index (κ2) is 13.9. The van der Waals surface area contributed by atoms with Crippen LogP contribution in [-0.4, -0.2) is 81.7 Å². The van der Waals surface area contributed by atoms with Crippen molar-refractivity contribution in [2.24, 2.45) is 22.2 Å². The van der Waals surface area contributed by atoms with Gasteiger partial charge in [-0.1, -0.05) is 0 Å². The summed E-state index contributed by atoms with van der Waals surface area (Å²) in [5, 5.41) is 16.1. The molecule has 0 aliphatic rings. The van der Waals surface area contributed by atoms with Crippen LogP contribution in [0.5, 0.6) is 0 Å². The lowest BCUT2D eigenvalue weighted by Crippen LogP contribution is -2.54. The monoisotopic (exact) mass is 471 g/mol. The van der Waals surface area contributed by atoms with Gasteiger partial charge in [-0.3, -0.25) is 19.4 Å². The number of nitrogens with one attached hydrogen (secondary N) is 4. The number of aliphatic imine (C=N–C) groups is 1. The molecule has 0 saturated heterocycles. The van der Waals surface area contributed by atoms with Crippen LogP contribution < -0.4 is 33.2 Å². The molecule has 32 heavy (non-hydrogen) atoms. The molecule has 14 nitrogen and oxygen atoms in total. The van der Waals surface area contributed by atoms with E-state index < -0.39 is 48.4 Å². The molecular weight excluding hydrogens is 442 g/mol. The van der Waals surface area contributed by atoms with E-state index in [0.29, 0.717) is 12.1 Å². The number of thiol groups is 1. The van der Waals surface area contributed by atoms with Gasteiger partial charge < -0.3 is 43.2 Å². The zero-order valence-corrected chi connectivity index (χ0v) is 18.2. The second-order valence-corrected chi connectivity index (χ2v) is 7.12. The number of hydrogen-bond donors (Lipinski definition) is 9. The molecule has 1 heterocycles. The molecule has 1 rings (SSSR count). The first-order valence-electron chi connectivity index (χ1n) is 9.63. The third kappa shape index (κ3) is 10.1. The van der Waals surface area contributed by atoms with Crippen LogP contribution in [0.2, 0.25) is 0 Å². The first kappa shape index (κ1) is 26.7.